The average molecular weight is 378 g/mol. The molecule has 2 amide bonds. The highest BCUT2D eigenvalue weighted by Gasteiger charge is 2.31. The van der Waals surface area contributed by atoms with Gasteiger partial charge in [0.15, 0.2) is 5.69 Å². The second kappa shape index (κ2) is 7.38. The number of likely N-dealkylation sites (tertiary alicyclic amines) is 1. The molecule has 4 rings (SSSR count). The molecule has 2 N–H and O–H groups in total. The van der Waals surface area contributed by atoms with Crippen LogP contribution in [-0.2, 0) is 4.79 Å². The molecule has 0 aliphatic carbocycles. The lowest BCUT2D eigenvalue weighted by atomic mass is 9.98. The molecule has 1 saturated heterocycles. The second-order valence-electron chi connectivity index (χ2n) is 7.13. The Kier molecular flexibility index (Phi) is 4.77. The predicted molar refractivity (Wildman–Crippen MR) is 104 cm³/mol. The zero-order chi connectivity index (χ0) is 19.7. The lowest BCUT2D eigenvalue weighted by Crippen LogP contribution is -2.45. The fourth-order valence-corrected chi connectivity index (χ4v) is 3.82. The molecule has 1 atom stereocenters. The summed E-state index contributed by atoms with van der Waals surface area (Å²) >= 11 is 0. The molecule has 0 saturated carbocycles. The third-order valence-electron chi connectivity index (χ3n) is 5.25. The number of carbonyl (C=O) groups is 2. The molecule has 28 heavy (non-hydrogen) atoms. The molecule has 0 unspecified atom stereocenters. The molecule has 3 aromatic rings. The topological polar surface area (TPSA) is 107 Å². The molecule has 1 fully saturated rings. The van der Waals surface area contributed by atoms with Crippen molar-refractivity contribution in [2.45, 2.75) is 38.6 Å². The maximum absolute atomic E-state index is 13.1. The van der Waals surface area contributed by atoms with Crippen molar-refractivity contribution in [2.75, 3.05) is 6.54 Å². The van der Waals surface area contributed by atoms with Crippen molar-refractivity contribution < 1.29 is 9.59 Å². The Bertz CT molecular complexity index is 1040. The van der Waals surface area contributed by atoms with Gasteiger partial charge in [0.1, 0.15) is 0 Å². The molecule has 2 aromatic heterocycles. The quantitative estimate of drug-likeness (QED) is 0.747. The number of fused-ring (bicyclic) bond motifs is 1. The van der Waals surface area contributed by atoms with Gasteiger partial charge >= 0.3 is 0 Å². The number of benzene rings is 1. The van der Waals surface area contributed by atoms with E-state index in [9.17, 15) is 9.59 Å². The van der Waals surface area contributed by atoms with Gasteiger partial charge in [-0.15, -0.1) is 5.10 Å². The Hall–Kier alpha value is -3.29. The molecule has 0 radical (unpaired) electrons. The Morgan fingerprint density at radius 3 is 2.93 bits per heavy atom. The van der Waals surface area contributed by atoms with Gasteiger partial charge in [0.05, 0.1) is 16.9 Å². The van der Waals surface area contributed by atoms with E-state index in [1.807, 2.05) is 37.3 Å². The van der Waals surface area contributed by atoms with Gasteiger partial charge in [0.25, 0.3) is 5.91 Å². The standard InChI is InChI=1S/C20H22N6O2/c1-13-19(20(28)25-10-3-2-6-15(25)12-18(21)27)23-24-26(13)16-7-8-17-14(11-16)5-4-9-22-17/h4-5,7-9,11,15H,2-3,6,10,12H2,1H3,(H2,21,27)/t15-/m1/s1. The number of primary amides is 1. The Morgan fingerprint density at radius 1 is 1.25 bits per heavy atom. The summed E-state index contributed by atoms with van der Waals surface area (Å²) < 4.78 is 1.66. The van der Waals surface area contributed by atoms with E-state index >= 15 is 0 Å². The fraction of sp³-hybridized carbons (Fsp3) is 0.350. The third kappa shape index (κ3) is 3.33. The van der Waals surface area contributed by atoms with Crippen LogP contribution in [0.2, 0.25) is 0 Å². The van der Waals surface area contributed by atoms with Crippen LogP contribution in [0.5, 0.6) is 0 Å². The molecule has 144 valence electrons. The van der Waals surface area contributed by atoms with E-state index in [2.05, 4.69) is 15.3 Å². The summed E-state index contributed by atoms with van der Waals surface area (Å²) in [4.78, 5) is 30.5. The summed E-state index contributed by atoms with van der Waals surface area (Å²) in [6.45, 7) is 2.43. The van der Waals surface area contributed by atoms with Crippen LogP contribution in [0, 0.1) is 6.92 Å². The van der Waals surface area contributed by atoms with E-state index in [0.717, 1.165) is 35.9 Å². The summed E-state index contributed by atoms with van der Waals surface area (Å²) in [6.07, 6.45) is 4.60. The minimum Gasteiger partial charge on any atom is -0.370 e. The number of aromatic nitrogens is 4. The Labute approximate surface area is 162 Å². The zero-order valence-corrected chi connectivity index (χ0v) is 15.7. The van der Waals surface area contributed by atoms with Crippen LogP contribution >= 0.6 is 0 Å². The van der Waals surface area contributed by atoms with Crippen molar-refractivity contribution in [2.24, 2.45) is 5.73 Å². The molecule has 8 nitrogen and oxygen atoms in total. The van der Waals surface area contributed by atoms with Crippen molar-refractivity contribution in [3.05, 3.63) is 47.9 Å². The van der Waals surface area contributed by atoms with Crippen LogP contribution in [0.3, 0.4) is 0 Å². The van der Waals surface area contributed by atoms with Crippen LogP contribution in [0.1, 0.15) is 41.9 Å². The molecule has 3 heterocycles. The Morgan fingerprint density at radius 2 is 2.11 bits per heavy atom. The monoisotopic (exact) mass is 378 g/mol. The number of nitrogens with two attached hydrogens (primary N) is 1. The number of pyridine rings is 1. The van der Waals surface area contributed by atoms with Gasteiger partial charge in [0.2, 0.25) is 5.91 Å². The average Bonchev–Trinajstić information content (AvgIpc) is 3.08. The number of nitrogens with zero attached hydrogens (tertiary/aromatic N) is 5. The number of piperidine rings is 1. The minimum absolute atomic E-state index is 0.171. The van der Waals surface area contributed by atoms with Crippen molar-refractivity contribution in [3.63, 3.8) is 0 Å². The number of carbonyl (C=O) groups excluding carboxylic acids is 2. The molecule has 1 aliphatic rings. The second-order valence-corrected chi connectivity index (χ2v) is 7.13. The largest absolute Gasteiger partial charge is 0.370 e. The van der Waals surface area contributed by atoms with Gasteiger partial charge in [-0.1, -0.05) is 11.3 Å². The van der Waals surface area contributed by atoms with Crippen LogP contribution in [0.25, 0.3) is 16.6 Å². The first-order chi connectivity index (χ1) is 13.5. The molecule has 0 spiro atoms. The van der Waals surface area contributed by atoms with E-state index in [4.69, 9.17) is 5.73 Å². The third-order valence-corrected chi connectivity index (χ3v) is 5.25. The van der Waals surface area contributed by atoms with E-state index in [-0.39, 0.29) is 18.4 Å². The van der Waals surface area contributed by atoms with Crippen LogP contribution in [-0.4, -0.2) is 49.3 Å². The van der Waals surface area contributed by atoms with Crippen molar-refractivity contribution in [1.82, 2.24) is 24.9 Å². The summed E-state index contributed by atoms with van der Waals surface area (Å²) in [7, 11) is 0. The van der Waals surface area contributed by atoms with Crippen LogP contribution < -0.4 is 5.73 Å². The summed E-state index contributed by atoms with van der Waals surface area (Å²) in [5, 5.41) is 9.34. The van der Waals surface area contributed by atoms with Crippen LogP contribution in [0.15, 0.2) is 36.5 Å². The lowest BCUT2D eigenvalue weighted by Gasteiger charge is -2.34. The first kappa shape index (κ1) is 18.1. The predicted octanol–water partition coefficient (Wildman–Crippen LogP) is 1.99. The van der Waals surface area contributed by atoms with Crippen molar-refractivity contribution in [3.8, 4) is 5.69 Å². The van der Waals surface area contributed by atoms with Gasteiger partial charge in [-0.05, 0) is 50.5 Å². The maximum atomic E-state index is 13.1. The molecule has 8 heteroatoms. The first-order valence-electron chi connectivity index (χ1n) is 9.41. The number of hydrogen-bond donors (Lipinski definition) is 1. The number of hydrogen-bond acceptors (Lipinski definition) is 5. The molecular weight excluding hydrogens is 356 g/mol. The molecule has 1 aromatic carbocycles. The Balaban J connectivity index is 1.65. The van der Waals surface area contributed by atoms with Gasteiger partial charge in [-0.2, -0.15) is 0 Å². The first-order valence-corrected chi connectivity index (χ1v) is 9.41. The molecule has 1 aliphatic heterocycles. The van der Waals surface area contributed by atoms with Crippen LogP contribution in [0.4, 0.5) is 0 Å². The molecule has 0 bridgehead atoms. The molecular formula is C20H22N6O2. The van der Waals surface area contributed by atoms with Gasteiger partial charge in [-0.3, -0.25) is 14.6 Å². The summed E-state index contributed by atoms with van der Waals surface area (Å²) in [5.41, 5.74) is 8.05. The number of rotatable bonds is 4. The smallest absolute Gasteiger partial charge is 0.276 e. The highest BCUT2D eigenvalue weighted by Crippen LogP contribution is 2.23. The number of amides is 2. The van der Waals surface area contributed by atoms with Crippen molar-refractivity contribution in [1.29, 1.82) is 0 Å². The van der Waals surface area contributed by atoms with Gasteiger partial charge < -0.3 is 10.6 Å². The van der Waals surface area contributed by atoms with Crippen molar-refractivity contribution >= 4 is 22.7 Å². The van der Waals surface area contributed by atoms with Gasteiger partial charge in [-0.25, -0.2) is 4.68 Å². The maximum Gasteiger partial charge on any atom is 0.276 e. The normalized spacial score (nSPS) is 17.0. The zero-order valence-electron chi connectivity index (χ0n) is 15.7. The lowest BCUT2D eigenvalue weighted by molar-refractivity contribution is -0.119. The fourth-order valence-electron chi connectivity index (χ4n) is 3.82. The summed E-state index contributed by atoms with van der Waals surface area (Å²) in [5.74, 6) is -0.591. The highest BCUT2D eigenvalue weighted by atomic mass is 16.2. The van der Waals surface area contributed by atoms with E-state index in [0.29, 0.717) is 17.9 Å². The SMILES string of the molecule is Cc1c(C(=O)N2CCCC[C@@H]2CC(N)=O)nnn1-c1ccc2ncccc2c1. The highest BCUT2D eigenvalue weighted by molar-refractivity contribution is 5.94. The van der Waals surface area contributed by atoms with Gasteiger partial charge in [0, 0.05) is 30.6 Å². The minimum atomic E-state index is -0.394. The summed E-state index contributed by atoms with van der Waals surface area (Å²) in [6, 6.07) is 9.48. The van der Waals surface area contributed by atoms with E-state index in [1.165, 1.54) is 0 Å². The van der Waals surface area contributed by atoms with E-state index < -0.39 is 5.91 Å². The van der Waals surface area contributed by atoms with E-state index in [1.54, 1.807) is 15.8 Å².